The maximum absolute atomic E-state index is 10.4. The van der Waals surface area contributed by atoms with Gasteiger partial charge < -0.3 is 4.90 Å². The van der Waals surface area contributed by atoms with Gasteiger partial charge in [-0.15, -0.1) is 0 Å². The minimum Gasteiger partial charge on any atom is -0.345 e. The van der Waals surface area contributed by atoms with E-state index in [2.05, 4.69) is 6.92 Å². The van der Waals surface area contributed by atoms with Crippen molar-refractivity contribution in [1.82, 2.24) is 4.90 Å². The number of hydrogen-bond donors (Lipinski definition) is 0. The van der Waals surface area contributed by atoms with Crippen molar-refractivity contribution in [3.63, 3.8) is 0 Å². The molecule has 0 aromatic carbocycles. The molecule has 2 unspecified atom stereocenters. The average Bonchev–Trinajstić information content (AvgIpc) is 2.03. The van der Waals surface area contributed by atoms with E-state index < -0.39 is 0 Å². The monoisotopic (exact) mass is 155 g/mol. The molecule has 2 nitrogen and oxygen atoms in total. The minimum atomic E-state index is 0.510. The molecule has 1 saturated carbocycles. The van der Waals surface area contributed by atoms with Gasteiger partial charge in [0.2, 0.25) is 6.41 Å². The quantitative estimate of drug-likeness (QED) is 0.555. The van der Waals surface area contributed by atoms with Crippen molar-refractivity contribution in [3.05, 3.63) is 0 Å². The third-order valence-corrected chi connectivity index (χ3v) is 2.65. The molecular weight excluding hydrogens is 138 g/mol. The highest BCUT2D eigenvalue weighted by molar-refractivity contribution is 5.47. The fourth-order valence-electron chi connectivity index (χ4n) is 1.86. The molecule has 1 fully saturated rings. The minimum absolute atomic E-state index is 0.510. The van der Waals surface area contributed by atoms with Crippen molar-refractivity contribution in [3.8, 4) is 0 Å². The Balaban J connectivity index is 2.38. The summed E-state index contributed by atoms with van der Waals surface area (Å²) in [6.07, 6.45) is 5.95. The third-order valence-electron chi connectivity index (χ3n) is 2.65. The normalized spacial score (nSPS) is 31.5. The molecule has 0 aliphatic heterocycles. The van der Waals surface area contributed by atoms with Gasteiger partial charge in [-0.2, -0.15) is 0 Å². The van der Waals surface area contributed by atoms with Crippen LogP contribution in [-0.4, -0.2) is 24.4 Å². The second kappa shape index (κ2) is 3.74. The van der Waals surface area contributed by atoms with Crippen molar-refractivity contribution in [2.75, 3.05) is 7.05 Å². The summed E-state index contributed by atoms with van der Waals surface area (Å²) in [6, 6.07) is 0.510. The fourth-order valence-corrected chi connectivity index (χ4v) is 1.86. The molecular formula is C9H17NO. The van der Waals surface area contributed by atoms with E-state index in [1.54, 1.807) is 0 Å². The maximum atomic E-state index is 10.4. The van der Waals surface area contributed by atoms with Crippen molar-refractivity contribution >= 4 is 6.41 Å². The molecule has 0 N–H and O–H groups in total. The molecule has 11 heavy (non-hydrogen) atoms. The van der Waals surface area contributed by atoms with Gasteiger partial charge in [-0.05, 0) is 18.8 Å². The Bertz CT molecular complexity index is 136. The Kier molecular flexibility index (Phi) is 2.92. The topological polar surface area (TPSA) is 20.3 Å². The highest BCUT2D eigenvalue weighted by Crippen LogP contribution is 2.25. The summed E-state index contributed by atoms with van der Waals surface area (Å²) < 4.78 is 0. The molecule has 1 rings (SSSR count). The number of carbonyl (C=O) groups is 1. The van der Waals surface area contributed by atoms with Crippen LogP contribution < -0.4 is 0 Å². The number of nitrogens with zero attached hydrogens (tertiary/aromatic N) is 1. The molecule has 64 valence electrons. The summed E-state index contributed by atoms with van der Waals surface area (Å²) in [4.78, 5) is 12.3. The summed E-state index contributed by atoms with van der Waals surface area (Å²) in [6.45, 7) is 2.27. The van der Waals surface area contributed by atoms with Gasteiger partial charge in [0.05, 0.1) is 0 Å². The maximum Gasteiger partial charge on any atom is 0.209 e. The fraction of sp³-hybridized carbons (Fsp3) is 0.889. The van der Waals surface area contributed by atoms with E-state index in [9.17, 15) is 4.79 Å². The third kappa shape index (κ3) is 2.21. The number of carbonyl (C=O) groups excluding carboxylic acids is 1. The number of hydrogen-bond acceptors (Lipinski definition) is 1. The molecule has 0 aromatic rings. The Morgan fingerprint density at radius 3 is 2.73 bits per heavy atom. The lowest BCUT2D eigenvalue weighted by molar-refractivity contribution is -0.119. The molecule has 1 amide bonds. The molecule has 0 aromatic heterocycles. The van der Waals surface area contributed by atoms with Gasteiger partial charge in [0.15, 0.2) is 0 Å². The predicted molar refractivity (Wildman–Crippen MR) is 45.2 cm³/mol. The highest BCUT2D eigenvalue weighted by atomic mass is 16.1. The Hall–Kier alpha value is -0.530. The smallest absolute Gasteiger partial charge is 0.209 e. The van der Waals surface area contributed by atoms with Crippen molar-refractivity contribution in [2.45, 2.75) is 38.6 Å². The molecule has 0 bridgehead atoms. The van der Waals surface area contributed by atoms with E-state index >= 15 is 0 Å². The zero-order chi connectivity index (χ0) is 8.27. The van der Waals surface area contributed by atoms with E-state index in [1.807, 2.05) is 11.9 Å². The zero-order valence-electron chi connectivity index (χ0n) is 7.42. The van der Waals surface area contributed by atoms with Gasteiger partial charge in [-0.3, -0.25) is 4.79 Å². The number of rotatable bonds is 2. The summed E-state index contributed by atoms with van der Waals surface area (Å²) in [5.74, 6) is 0.802. The molecule has 1 aliphatic carbocycles. The molecule has 2 heteroatoms. The largest absolute Gasteiger partial charge is 0.345 e. The molecule has 0 spiro atoms. The Morgan fingerprint density at radius 1 is 1.45 bits per heavy atom. The first kappa shape index (κ1) is 8.57. The van der Waals surface area contributed by atoms with Crippen LogP contribution >= 0.6 is 0 Å². The van der Waals surface area contributed by atoms with Gasteiger partial charge in [0, 0.05) is 13.1 Å². The van der Waals surface area contributed by atoms with Crippen LogP contribution in [0.3, 0.4) is 0 Å². The first-order valence-electron chi connectivity index (χ1n) is 4.41. The molecule has 2 atom stereocenters. The molecule has 0 saturated heterocycles. The van der Waals surface area contributed by atoms with Crippen LogP contribution in [0.15, 0.2) is 0 Å². The summed E-state index contributed by atoms with van der Waals surface area (Å²) >= 11 is 0. The summed E-state index contributed by atoms with van der Waals surface area (Å²) in [5.41, 5.74) is 0. The van der Waals surface area contributed by atoms with Gasteiger partial charge in [0.25, 0.3) is 0 Å². The van der Waals surface area contributed by atoms with Crippen molar-refractivity contribution in [1.29, 1.82) is 0 Å². The van der Waals surface area contributed by atoms with E-state index in [4.69, 9.17) is 0 Å². The van der Waals surface area contributed by atoms with E-state index in [0.717, 1.165) is 12.3 Å². The van der Waals surface area contributed by atoms with Crippen LogP contribution in [0.25, 0.3) is 0 Å². The van der Waals surface area contributed by atoms with Crippen molar-refractivity contribution < 1.29 is 4.79 Å². The summed E-state index contributed by atoms with van der Waals surface area (Å²) in [5, 5.41) is 0. The van der Waals surface area contributed by atoms with E-state index in [0.29, 0.717) is 6.04 Å². The Morgan fingerprint density at radius 2 is 2.18 bits per heavy atom. The highest BCUT2D eigenvalue weighted by Gasteiger charge is 2.20. The average molecular weight is 155 g/mol. The van der Waals surface area contributed by atoms with Crippen LogP contribution in [0, 0.1) is 5.92 Å². The van der Waals surface area contributed by atoms with Crippen molar-refractivity contribution in [2.24, 2.45) is 5.92 Å². The molecule has 1 aliphatic rings. The SMILES string of the molecule is CC1CCCC(N(C)C=O)C1. The summed E-state index contributed by atoms with van der Waals surface area (Å²) in [7, 11) is 1.88. The molecule has 0 heterocycles. The number of amides is 1. The van der Waals surface area contributed by atoms with Gasteiger partial charge in [-0.25, -0.2) is 0 Å². The molecule has 0 radical (unpaired) electrons. The predicted octanol–water partition coefficient (Wildman–Crippen LogP) is 1.65. The second-order valence-corrected chi connectivity index (χ2v) is 3.70. The lowest BCUT2D eigenvalue weighted by Crippen LogP contribution is -2.34. The first-order valence-corrected chi connectivity index (χ1v) is 4.41. The zero-order valence-corrected chi connectivity index (χ0v) is 7.42. The lowest BCUT2D eigenvalue weighted by atomic mass is 9.86. The van der Waals surface area contributed by atoms with Crippen LogP contribution in [0.5, 0.6) is 0 Å². The van der Waals surface area contributed by atoms with Crippen LogP contribution in [0.1, 0.15) is 32.6 Å². The van der Waals surface area contributed by atoms with Gasteiger partial charge in [0.1, 0.15) is 0 Å². The second-order valence-electron chi connectivity index (χ2n) is 3.70. The van der Waals surface area contributed by atoms with Crippen LogP contribution in [0.2, 0.25) is 0 Å². The van der Waals surface area contributed by atoms with E-state index in [1.165, 1.54) is 25.7 Å². The van der Waals surface area contributed by atoms with E-state index in [-0.39, 0.29) is 0 Å². The van der Waals surface area contributed by atoms with Gasteiger partial charge >= 0.3 is 0 Å². The van der Waals surface area contributed by atoms with Gasteiger partial charge in [-0.1, -0.05) is 19.8 Å². The standard InChI is InChI=1S/C9H17NO/c1-8-4-3-5-9(6-8)10(2)7-11/h7-9H,3-6H2,1-2H3. The first-order chi connectivity index (χ1) is 5.24. The Labute approximate surface area is 68.6 Å². The van der Waals surface area contributed by atoms with Crippen LogP contribution in [0.4, 0.5) is 0 Å². The lowest BCUT2D eigenvalue weighted by Gasteiger charge is -2.31. The van der Waals surface area contributed by atoms with Crippen LogP contribution in [-0.2, 0) is 4.79 Å².